The molecule has 1 saturated heterocycles. The van der Waals surface area contributed by atoms with Crippen LogP contribution in [-0.2, 0) is 25.8 Å². The van der Waals surface area contributed by atoms with Crippen LogP contribution in [0, 0.1) is 5.92 Å². The van der Waals surface area contributed by atoms with Gasteiger partial charge in [0.25, 0.3) is 5.91 Å². The molecule has 1 amide bonds. The minimum Gasteiger partial charge on any atom is -0.452 e. The SMILES string of the molecule is CCN(C(=O)COC(=O)c1c2c(nc3ccccc13)/C(=C\c1ccccc1)C[C@H](C)C2)[C@@H]1CCS(=O)(=O)C1. The molecule has 7 nitrogen and oxygen atoms in total. The number of pyridine rings is 1. The minimum atomic E-state index is -3.14. The number of hydrogen-bond donors (Lipinski definition) is 0. The van der Waals surface area contributed by atoms with E-state index in [1.165, 1.54) is 4.90 Å². The van der Waals surface area contributed by atoms with Crippen LogP contribution in [-0.4, -0.2) is 60.9 Å². The minimum absolute atomic E-state index is 0.0442. The van der Waals surface area contributed by atoms with E-state index in [-0.39, 0.29) is 23.5 Å². The van der Waals surface area contributed by atoms with Gasteiger partial charge in [-0.05, 0) is 60.9 Å². The lowest BCUT2D eigenvalue weighted by atomic mass is 9.80. The molecule has 5 rings (SSSR count). The third kappa shape index (κ3) is 5.36. The van der Waals surface area contributed by atoms with Gasteiger partial charge in [0.2, 0.25) is 0 Å². The van der Waals surface area contributed by atoms with Crippen molar-refractivity contribution in [1.29, 1.82) is 0 Å². The predicted octanol–water partition coefficient (Wildman–Crippen LogP) is 4.55. The van der Waals surface area contributed by atoms with Crippen LogP contribution in [0.15, 0.2) is 54.6 Å². The molecule has 1 aliphatic carbocycles. The maximum Gasteiger partial charge on any atom is 0.339 e. The van der Waals surface area contributed by atoms with Crippen molar-refractivity contribution in [3.63, 3.8) is 0 Å². The standard InChI is InChI=1S/C30H32N2O5S/c1-3-32(23-13-14-38(35,36)19-23)27(33)18-37-30(34)28-24-11-7-8-12-26(24)31-29-22(15-20(2)16-25(28)29)17-21-9-5-4-6-10-21/h4-12,17,20,23H,3,13-16,18-19H2,1-2H3/b22-17-/t20-,23+/m0/s1. The van der Waals surface area contributed by atoms with Crippen molar-refractivity contribution in [3.8, 4) is 0 Å². The Labute approximate surface area is 223 Å². The first-order valence-corrected chi connectivity index (χ1v) is 14.9. The summed E-state index contributed by atoms with van der Waals surface area (Å²) >= 11 is 0. The normalized spacial score (nSPS) is 21.3. The Morgan fingerprint density at radius 3 is 2.53 bits per heavy atom. The quantitative estimate of drug-likeness (QED) is 0.433. The van der Waals surface area contributed by atoms with Gasteiger partial charge in [-0.2, -0.15) is 0 Å². The monoisotopic (exact) mass is 532 g/mol. The molecule has 2 aliphatic rings. The van der Waals surface area contributed by atoms with Crippen molar-refractivity contribution >= 4 is 44.3 Å². The molecule has 2 aromatic carbocycles. The summed E-state index contributed by atoms with van der Waals surface area (Å²) < 4.78 is 29.5. The molecule has 0 unspecified atom stereocenters. The molecular formula is C30H32N2O5S. The number of rotatable bonds is 6. The largest absolute Gasteiger partial charge is 0.452 e. The van der Waals surface area contributed by atoms with Gasteiger partial charge in [0.1, 0.15) is 0 Å². The summed E-state index contributed by atoms with van der Waals surface area (Å²) in [6, 6.07) is 17.2. The van der Waals surface area contributed by atoms with Gasteiger partial charge in [0.05, 0.1) is 28.3 Å². The van der Waals surface area contributed by atoms with E-state index in [1.54, 1.807) is 6.92 Å². The number of fused-ring (bicyclic) bond motifs is 2. The van der Waals surface area contributed by atoms with E-state index >= 15 is 0 Å². The Kier molecular flexibility index (Phi) is 7.34. The molecule has 1 aliphatic heterocycles. The van der Waals surface area contributed by atoms with E-state index in [0.717, 1.165) is 28.8 Å². The van der Waals surface area contributed by atoms with Crippen LogP contribution in [0.2, 0.25) is 0 Å². The van der Waals surface area contributed by atoms with Crippen LogP contribution in [0.25, 0.3) is 22.6 Å². The molecule has 3 aromatic rings. The first-order valence-electron chi connectivity index (χ1n) is 13.1. The highest BCUT2D eigenvalue weighted by Gasteiger charge is 2.35. The maximum absolute atomic E-state index is 13.6. The van der Waals surface area contributed by atoms with E-state index in [2.05, 4.69) is 13.0 Å². The van der Waals surface area contributed by atoms with Crippen molar-refractivity contribution in [2.24, 2.45) is 5.92 Å². The highest BCUT2D eigenvalue weighted by atomic mass is 32.2. The lowest BCUT2D eigenvalue weighted by molar-refractivity contribution is -0.136. The van der Waals surface area contributed by atoms with Crippen molar-refractivity contribution in [2.75, 3.05) is 24.7 Å². The summed E-state index contributed by atoms with van der Waals surface area (Å²) in [5, 5.41) is 0.700. The van der Waals surface area contributed by atoms with Gasteiger partial charge < -0.3 is 9.64 Å². The highest BCUT2D eigenvalue weighted by molar-refractivity contribution is 7.91. The van der Waals surface area contributed by atoms with E-state index in [0.29, 0.717) is 41.8 Å². The zero-order valence-electron chi connectivity index (χ0n) is 21.7. The number of ether oxygens (including phenoxy) is 1. The fraction of sp³-hybridized carbons (Fsp3) is 0.367. The summed E-state index contributed by atoms with van der Waals surface area (Å²) in [5.74, 6) is -0.608. The number of likely N-dealkylation sites (N-methyl/N-ethyl adjacent to an activating group) is 1. The number of allylic oxidation sites excluding steroid dienone is 1. The molecule has 1 fully saturated rings. The molecule has 1 aromatic heterocycles. The van der Waals surface area contributed by atoms with Crippen LogP contribution in [0.4, 0.5) is 0 Å². The van der Waals surface area contributed by atoms with Gasteiger partial charge in [0, 0.05) is 18.0 Å². The van der Waals surface area contributed by atoms with Gasteiger partial charge in [-0.3, -0.25) is 4.79 Å². The third-order valence-corrected chi connectivity index (χ3v) is 9.15. The van der Waals surface area contributed by atoms with Crippen molar-refractivity contribution < 1.29 is 22.7 Å². The average molecular weight is 533 g/mol. The average Bonchev–Trinajstić information content (AvgIpc) is 3.26. The first kappa shape index (κ1) is 26.1. The zero-order valence-corrected chi connectivity index (χ0v) is 22.5. The number of esters is 1. The first-order chi connectivity index (χ1) is 18.3. The highest BCUT2D eigenvalue weighted by Crippen LogP contribution is 2.38. The number of hydrogen-bond acceptors (Lipinski definition) is 6. The Bertz CT molecular complexity index is 1510. The zero-order chi connectivity index (χ0) is 26.9. The molecule has 0 spiro atoms. The second-order valence-electron chi connectivity index (χ2n) is 10.2. The second-order valence-corrected chi connectivity index (χ2v) is 12.5. The summed E-state index contributed by atoms with van der Waals surface area (Å²) in [6.45, 7) is 3.88. The molecule has 38 heavy (non-hydrogen) atoms. The predicted molar refractivity (Wildman–Crippen MR) is 148 cm³/mol. The van der Waals surface area contributed by atoms with E-state index in [9.17, 15) is 18.0 Å². The topological polar surface area (TPSA) is 93.6 Å². The molecule has 8 heteroatoms. The molecule has 0 bridgehead atoms. The van der Waals surface area contributed by atoms with Gasteiger partial charge >= 0.3 is 5.97 Å². The van der Waals surface area contributed by atoms with Gasteiger partial charge in [-0.15, -0.1) is 0 Å². The van der Waals surface area contributed by atoms with E-state index in [4.69, 9.17) is 9.72 Å². The maximum atomic E-state index is 13.6. The lowest BCUT2D eigenvalue weighted by Gasteiger charge is -2.28. The smallest absolute Gasteiger partial charge is 0.339 e. The fourth-order valence-corrected chi connectivity index (χ4v) is 7.39. The number of para-hydroxylation sites is 1. The summed E-state index contributed by atoms with van der Waals surface area (Å²) in [4.78, 5) is 33.1. The number of amides is 1. The summed E-state index contributed by atoms with van der Waals surface area (Å²) in [5.41, 5.74) is 4.94. The lowest BCUT2D eigenvalue weighted by Crippen LogP contribution is -2.43. The summed E-state index contributed by atoms with van der Waals surface area (Å²) in [7, 11) is -3.14. The number of sulfone groups is 1. The molecule has 2 heterocycles. The second kappa shape index (κ2) is 10.7. The molecule has 2 atom stereocenters. The Morgan fingerprint density at radius 2 is 1.82 bits per heavy atom. The van der Waals surface area contributed by atoms with Crippen LogP contribution in [0.1, 0.15) is 53.9 Å². The molecular weight excluding hydrogens is 500 g/mol. The Morgan fingerprint density at radius 1 is 1.08 bits per heavy atom. The van der Waals surface area contributed by atoms with Gasteiger partial charge in [-0.25, -0.2) is 18.2 Å². The van der Waals surface area contributed by atoms with Crippen LogP contribution < -0.4 is 0 Å². The Hall–Kier alpha value is -3.52. The number of carbonyl (C=O) groups excluding carboxylic acids is 2. The number of nitrogens with zero attached hydrogens (tertiary/aromatic N) is 2. The molecule has 0 N–H and O–H groups in total. The van der Waals surface area contributed by atoms with Crippen molar-refractivity contribution in [1.82, 2.24) is 9.88 Å². The molecule has 0 saturated carbocycles. The number of carbonyl (C=O) groups is 2. The fourth-order valence-electron chi connectivity index (χ4n) is 5.66. The summed E-state index contributed by atoms with van der Waals surface area (Å²) in [6.07, 6.45) is 4.06. The van der Waals surface area contributed by atoms with Crippen molar-refractivity contribution in [2.45, 2.75) is 39.2 Å². The van der Waals surface area contributed by atoms with Crippen molar-refractivity contribution in [3.05, 3.63) is 77.0 Å². The van der Waals surface area contributed by atoms with Gasteiger partial charge in [0.15, 0.2) is 16.4 Å². The van der Waals surface area contributed by atoms with E-state index in [1.807, 2.05) is 54.6 Å². The number of aromatic nitrogens is 1. The molecule has 0 radical (unpaired) electrons. The third-order valence-electron chi connectivity index (χ3n) is 7.40. The molecule has 198 valence electrons. The van der Waals surface area contributed by atoms with Crippen LogP contribution in [0.3, 0.4) is 0 Å². The van der Waals surface area contributed by atoms with Crippen LogP contribution >= 0.6 is 0 Å². The van der Waals surface area contributed by atoms with Crippen LogP contribution in [0.5, 0.6) is 0 Å². The number of benzene rings is 2. The van der Waals surface area contributed by atoms with Gasteiger partial charge in [-0.1, -0.05) is 55.5 Å². The van der Waals surface area contributed by atoms with E-state index < -0.39 is 22.4 Å². The Balaban J connectivity index is 1.47.